The predicted molar refractivity (Wildman–Crippen MR) is 136 cm³/mol. The van der Waals surface area contributed by atoms with E-state index in [0.717, 1.165) is 34.9 Å². The van der Waals surface area contributed by atoms with Gasteiger partial charge in [0.2, 0.25) is 5.91 Å². The molecule has 3 rings (SSSR count). The Kier molecular flexibility index (Phi) is 9.75. The van der Waals surface area contributed by atoms with E-state index in [0.29, 0.717) is 23.5 Å². The number of anilines is 2. The monoisotopic (exact) mass is 473 g/mol. The molecule has 3 N–H and O–H groups in total. The number of hydrogen-bond acceptors (Lipinski definition) is 4. The van der Waals surface area contributed by atoms with Gasteiger partial charge in [-0.3, -0.25) is 9.59 Å². The third-order valence-electron chi connectivity index (χ3n) is 5.50. The number of benzene rings is 2. The minimum atomic E-state index is -0.331. The molecule has 1 aliphatic heterocycles. The molecule has 2 aromatic carbocycles. The van der Waals surface area contributed by atoms with Gasteiger partial charge in [0.05, 0.1) is 11.4 Å². The fourth-order valence-electron chi connectivity index (χ4n) is 3.62. The van der Waals surface area contributed by atoms with Gasteiger partial charge < -0.3 is 16.0 Å². The van der Waals surface area contributed by atoms with Crippen molar-refractivity contribution in [1.82, 2.24) is 5.32 Å². The van der Waals surface area contributed by atoms with Crippen LogP contribution in [0, 0.1) is 0 Å². The maximum absolute atomic E-state index is 12.6. The van der Waals surface area contributed by atoms with Crippen molar-refractivity contribution < 1.29 is 9.59 Å². The van der Waals surface area contributed by atoms with Gasteiger partial charge >= 0.3 is 0 Å². The highest BCUT2D eigenvalue weighted by atomic mass is 35.5. The Morgan fingerprint density at radius 1 is 1.06 bits per heavy atom. The van der Waals surface area contributed by atoms with Crippen molar-refractivity contribution >= 4 is 46.6 Å². The smallest absolute Gasteiger partial charge is 0.251 e. The topological polar surface area (TPSA) is 70.2 Å². The molecule has 0 bridgehead atoms. The first-order valence-electron chi connectivity index (χ1n) is 11.4. The van der Waals surface area contributed by atoms with Crippen molar-refractivity contribution in [1.29, 1.82) is 0 Å². The molecular formula is C25H32ClN3O2S. The second-order valence-electron chi connectivity index (χ2n) is 8.08. The zero-order chi connectivity index (χ0) is 22.8. The van der Waals surface area contributed by atoms with Crippen LogP contribution in [-0.2, 0) is 10.5 Å². The van der Waals surface area contributed by atoms with E-state index in [1.807, 2.05) is 30.3 Å². The molecule has 1 aliphatic rings. The summed E-state index contributed by atoms with van der Waals surface area (Å²) in [6.07, 6.45) is 7.14. The molecule has 32 heavy (non-hydrogen) atoms. The average molecular weight is 474 g/mol. The van der Waals surface area contributed by atoms with Gasteiger partial charge in [-0.15, -0.1) is 0 Å². The molecule has 172 valence electrons. The number of rotatable bonds is 12. The van der Waals surface area contributed by atoms with Gasteiger partial charge in [0.1, 0.15) is 6.04 Å². The lowest BCUT2D eigenvalue weighted by Gasteiger charge is -2.27. The van der Waals surface area contributed by atoms with Gasteiger partial charge in [0.15, 0.2) is 0 Å². The minimum absolute atomic E-state index is 0.0891. The molecule has 0 unspecified atom stereocenters. The lowest BCUT2D eigenvalue weighted by molar-refractivity contribution is -0.116. The summed E-state index contributed by atoms with van der Waals surface area (Å²) in [4.78, 5) is 25.0. The van der Waals surface area contributed by atoms with Gasteiger partial charge in [-0.05, 0) is 36.2 Å². The number of amides is 2. The summed E-state index contributed by atoms with van der Waals surface area (Å²) in [7, 11) is 0. The van der Waals surface area contributed by atoms with Crippen LogP contribution < -0.4 is 16.0 Å². The first-order valence-corrected chi connectivity index (χ1v) is 12.9. The van der Waals surface area contributed by atoms with Gasteiger partial charge in [-0.1, -0.05) is 68.8 Å². The number of halogens is 1. The summed E-state index contributed by atoms with van der Waals surface area (Å²) in [5.74, 6) is 1.17. The molecule has 0 radical (unpaired) electrons. The number of nitrogens with one attached hydrogen (secondary N) is 3. The third kappa shape index (κ3) is 7.17. The summed E-state index contributed by atoms with van der Waals surface area (Å²) in [5.41, 5.74) is 3.10. The third-order valence-corrected chi connectivity index (χ3v) is 6.95. The lowest BCUT2D eigenvalue weighted by Crippen LogP contribution is -2.40. The van der Waals surface area contributed by atoms with Gasteiger partial charge in [-0.25, -0.2) is 0 Å². The zero-order valence-corrected chi connectivity index (χ0v) is 20.2. The maximum atomic E-state index is 12.6. The fraction of sp³-hybridized carbons (Fsp3) is 0.440. The second kappa shape index (κ2) is 12.8. The normalized spacial score (nSPS) is 14.9. The Morgan fingerprint density at radius 3 is 2.66 bits per heavy atom. The lowest BCUT2D eigenvalue weighted by atomic mass is 10.1. The Hall–Kier alpha value is -2.18. The van der Waals surface area contributed by atoms with Crippen LogP contribution in [0.5, 0.6) is 0 Å². The minimum Gasteiger partial charge on any atom is -0.371 e. The van der Waals surface area contributed by atoms with Crippen molar-refractivity contribution in [3.63, 3.8) is 0 Å². The average Bonchev–Trinajstić information content (AvgIpc) is 2.79. The number of fused-ring (bicyclic) bond motifs is 1. The summed E-state index contributed by atoms with van der Waals surface area (Å²) in [6.45, 7) is 2.88. The summed E-state index contributed by atoms with van der Waals surface area (Å²) >= 11 is 7.87. The van der Waals surface area contributed by atoms with Gasteiger partial charge in [0, 0.05) is 28.6 Å². The second-order valence-corrected chi connectivity index (χ2v) is 9.51. The standard InChI is InChI=1S/C25H32ClN3O2S/c1-2-3-4-5-6-9-14-27-24(30)18-12-13-21-22(15-18)29-25(31)23(28-21)17-32-16-19-10-7-8-11-20(19)26/h7-8,10-13,15,23,28H,2-6,9,14,16-17H2,1H3,(H,27,30)(H,29,31)/t23-/m1/s1. The maximum Gasteiger partial charge on any atom is 0.251 e. The molecule has 7 heteroatoms. The predicted octanol–water partition coefficient (Wildman–Crippen LogP) is 6.10. The Labute approximate surface area is 200 Å². The van der Waals surface area contributed by atoms with Crippen molar-refractivity contribution in [2.75, 3.05) is 22.9 Å². The fourth-order valence-corrected chi connectivity index (χ4v) is 4.96. The SMILES string of the molecule is CCCCCCCCNC(=O)c1ccc2c(c1)NC(=O)[C@@H](CSCc1ccccc1Cl)N2. The highest BCUT2D eigenvalue weighted by molar-refractivity contribution is 7.98. The van der Waals surface area contributed by atoms with Crippen LogP contribution in [0.3, 0.4) is 0 Å². The van der Waals surface area contributed by atoms with E-state index in [-0.39, 0.29) is 17.9 Å². The van der Waals surface area contributed by atoms with Crippen molar-refractivity contribution in [2.45, 2.75) is 57.2 Å². The first kappa shape index (κ1) is 24.5. The number of carbonyl (C=O) groups is 2. The highest BCUT2D eigenvalue weighted by Gasteiger charge is 2.26. The summed E-state index contributed by atoms with van der Waals surface area (Å²) in [5, 5.41) is 9.96. The summed E-state index contributed by atoms with van der Waals surface area (Å²) in [6, 6.07) is 12.8. The Bertz CT molecular complexity index is 922. The molecule has 0 fully saturated rings. The van der Waals surface area contributed by atoms with Crippen molar-refractivity contribution in [3.8, 4) is 0 Å². The molecule has 0 spiro atoms. The van der Waals surface area contributed by atoms with E-state index in [2.05, 4.69) is 22.9 Å². The Balaban J connectivity index is 1.46. The van der Waals surface area contributed by atoms with Crippen LogP contribution in [-0.4, -0.2) is 30.2 Å². The van der Waals surface area contributed by atoms with Crippen LogP contribution in [0.1, 0.15) is 61.4 Å². The van der Waals surface area contributed by atoms with E-state index >= 15 is 0 Å². The zero-order valence-electron chi connectivity index (χ0n) is 18.6. The molecule has 1 heterocycles. The molecule has 1 atom stereocenters. The van der Waals surface area contributed by atoms with E-state index in [1.54, 1.807) is 23.9 Å². The molecular weight excluding hydrogens is 442 g/mol. The molecule has 5 nitrogen and oxygen atoms in total. The highest BCUT2D eigenvalue weighted by Crippen LogP contribution is 2.29. The van der Waals surface area contributed by atoms with Crippen molar-refractivity contribution in [2.24, 2.45) is 0 Å². The largest absolute Gasteiger partial charge is 0.371 e. The number of thioether (sulfide) groups is 1. The Morgan fingerprint density at radius 2 is 1.84 bits per heavy atom. The molecule has 0 saturated heterocycles. The van der Waals surface area contributed by atoms with E-state index < -0.39 is 0 Å². The number of hydrogen-bond donors (Lipinski definition) is 3. The van der Waals surface area contributed by atoms with Crippen molar-refractivity contribution in [3.05, 3.63) is 58.6 Å². The first-order chi connectivity index (χ1) is 15.6. The van der Waals surface area contributed by atoms with Crippen LogP contribution in [0.4, 0.5) is 11.4 Å². The van der Waals surface area contributed by atoms with E-state index in [9.17, 15) is 9.59 Å². The van der Waals surface area contributed by atoms with E-state index in [4.69, 9.17) is 11.6 Å². The van der Waals surface area contributed by atoms with Crippen LogP contribution in [0.25, 0.3) is 0 Å². The molecule has 0 aliphatic carbocycles. The molecule has 0 saturated carbocycles. The molecule has 2 aromatic rings. The van der Waals surface area contributed by atoms with E-state index in [1.165, 1.54) is 25.7 Å². The summed E-state index contributed by atoms with van der Waals surface area (Å²) < 4.78 is 0. The van der Waals surface area contributed by atoms with Gasteiger partial charge in [-0.2, -0.15) is 11.8 Å². The molecule has 2 amide bonds. The van der Waals surface area contributed by atoms with Crippen LogP contribution >= 0.6 is 23.4 Å². The van der Waals surface area contributed by atoms with Crippen LogP contribution in [0.2, 0.25) is 5.02 Å². The number of carbonyl (C=O) groups excluding carboxylic acids is 2. The van der Waals surface area contributed by atoms with Gasteiger partial charge in [0.25, 0.3) is 5.91 Å². The van der Waals surface area contributed by atoms with Crippen LogP contribution in [0.15, 0.2) is 42.5 Å². The molecule has 0 aromatic heterocycles. The quantitative estimate of drug-likeness (QED) is 0.326. The number of unbranched alkanes of at least 4 members (excludes halogenated alkanes) is 5.